The van der Waals surface area contributed by atoms with Crippen LogP contribution in [0.5, 0.6) is 5.75 Å². The maximum Gasteiger partial charge on any atom is 0.343 e. The van der Waals surface area contributed by atoms with Crippen LogP contribution >= 0.6 is 15.9 Å². The summed E-state index contributed by atoms with van der Waals surface area (Å²) in [5, 5.41) is 0. The average Bonchev–Trinajstić information content (AvgIpc) is 3.24. The van der Waals surface area contributed by atoms with Gasteiger partial charge in [0, 0.05) is 28.7 Å². The fraction of sp³-hybridized carbons (Fsp3) is 0.214. The summed E-state index contributed by atoms with van der Waals surface area (Å²) < 4.78 is 11.4. The third kappa shape index (κ3) is 5.71. The van der Waals surface area contributed by atoms with Gasteiger partial charge < -0.3 is 14.4 Å². The highest BCUT2D eigenvalue weighted by Gasteiger charge is 2.37. The van der Waals surface area contributed by atoms with Crippen molar-refractivity contribution in [3.63, 3.8) is 0 Å². The molecule has 1 aliphatic rings. The van der Waals surface area contributed by atoms with Gasteiger partial charge in [0.1, 0.15) is 5.75 Å². The summed E-state index contributed by atoms with van der Waals surface area (Å²) in [4.78, 5) is 51.5. The van der Waals surface area contributed by atoms with Crippen LogP contribution in [0, 0.1) is 19.8 Å². The lowest BCUT2D eigenvalue weighted by Gasteiger charge is -2.21. The lowest BCUT2D eigenvalue weighted by molar-refractivity contribution is -0.147. The van der Waals surface area contributed by atoms with Gasteiger partial charge in [0.25, 0.3) is 0 Å². The van der Waals surface area contributed by atoms with Gasteiger partial charge in [-0.25, -0.2) is 4.79 Å². The first-order valence-corrected chi connectivity index (χ1v) is 12.2. The summed E-state index contributed by atoms with van der Waals surface area (Å²) in [6, 6.07) is 18.5. The highest BCUT2D eigenvalue weighted by atomic mass is 79.9. The number of nitrogens with zero attached hydrogens (tertiary/aromatic N) is 1. The Morgan fingerprint density at radius 1 is 0.917 bits per heavy atom. The molecule has 3 aromatic carbocycles. The molecule has 1 heterocycles. The number of halogens is 1. The predicted molar refractivity (Wildman–Crippen MR) is 137 cm³/mol. The van der Waals surface area contributed by atoms with E-state index in [0.29, 0.717) is 11.1 Å². The molecular weight excluding hydrogens is 526 g/mol. The lowest BCUT2D eigenvalue weighted by atomic mass is 10.1. The first kappa shape index (κ1) is 25.3. The summed E-state index contributed by atoms with van der Waals surface area (Å²) in [6.45, 7) is 3.63. The van der Waals surface area contributed by atoms with Crippen LogP contribution < -0.4 is 9.64 Å². The molecule has 4 rings (SSSR count). The fourth-order valence-corrected chi connectivity index (χ4v) is 4.38. The van der Waals surface area contributed by atoms with Crippen LogP contribution in [0.2, 0.25) is 0 Å². The molecule has 0 radical (unpaired) electrons. The largest absolute Gasteiger partial charge is 0.457 e. The highest BCUT2D eigenvalue weighted by Crippen LogP contribution is 2.31. The number of ketones is 1. The molecule has 1 fully saturated rings. The van der Waals surface area contributed by atoms with Crippen LogP contribution in [-0.4, -0.2) is 36.8 Å². The topological polar surface area (TPSA) is 90.0 Å². The fourth-order valence-electron chi connectivity index (χ4n) is 4.11. The Kier molecular flexibility index (Phi) is 7.64. The summed E-state index contributed by atoms with van der Waals surface area (Å²) >= 11 is 3.31. The van der Waals surface area contributed by atoms with E-state index >= 15 is 0 Å². The number of rotatable bonds is 7. The summed E-state index contributed by atoms with van der Waals surface area (Å²) in [7, 11) is 0. The molecule has 36 heavy (non-hydrogen) atoms. The molecule has 1 amide bonds. The molecule has 7 nitrogen and oxygen atoms in total. The van der Waals surface area contributed by atoms with E-state index < -0.39 is 30.2 Å². The van der Waals surface area contributed by atoms with Crippen LogP contribution in [0.25, 0.3) is 0 Å². The normalized spacial score (nSPS) is 15.0. The van der Waals surface area contributed by atoms with Crippen molar-refractivity contribution in [3.8, 4) is 5.75 Å². The van der Waals surface area contributed by atoms with Crippen LogP contribution in [0.4, 0.5) is 5.69 Å². The third-order valence-electron chi connectivity index (χ3n) is 5.98. The van der Waals surface area contributed by atoms with E-state index in [1.165, 1.54) is 24.3 Å². The van der Waals surface area contributed by atoms with E-state index in [-0.39, 0.29) is 24.6 Å². The van der Waals surface area contributed by atoms with Gasteiger partial charge in [0.15, 0.2) is 12.4 Å². The molecule has 1 atom stereocenters. The third-order valence-corrected chi connectivity index (χ3v) is 6.51. The summed E-state index contributed by atoms with van der Waals surface area (Å²) in [5.74, 6) is -1.99. The quantitative estimate of drug-likeness (QED) is 0.232. The Morgan fingerprint density at radius 3 is 2.17 bits per heavy atom. The molecule has 0 aromatic heterocycles. The number of aryl methyl sites for hydroxylation is 2. The van der Waals surface area contributed by atoms with Crippen molar-refractivity contribution >= 4 is 45.2 Å². The van der Waals surface area contributed by atoms with Gasteiger partial charge >= 0.3 is 11.9 Å². The molecule has 0 bridgehead atoms. The second kappa shape index (κ2) is 10.9. The van der Waals surface area contributed by atoms with Gasteiger partial charge in [-0.15, -0.1) is 0 Å². The lowest BCUT2D eigenvalue weighted by Crippen LogP contribution is -2.28. The number of hydrogen-bond acceptors (Lipinski definition) is 6. The van der Waals surface area contributed by atoms with Crippen molar-refractivity contribution in [2.45, 2.75) is 20.3 Å². The molecule has 1 saturated heterocycles. The minimum atomic E-state index is -0.635. The van der Waals surface area contributed by atoms with Crippen molar-refractivity contribution in [2.24, 2.45) is 5.92 Å². The van der Waals surface area contributed by atoms with E-state index in [1.807, 2.05) is 32.0 Å². The minimum Gasteiger partial charge on any atom is -0.457 e. The SMILES string of the molecule is Cc1cccc(C)c1N1C[C@H](C(=O)OCC(=O)c2ccc(OC(=O)c3ccc(Br)cc3)cc2)CC1=O. The van der Waals surface area contributed by atoms with Crippen molar-refractivity contribution < 1.29 is 28.7 Å². The number of carbonyl (C=O) groups excluding carboxylic acids is 4. The minimum absolute atomic E-state index is 0.0409. The molecule has 0 spiro atoms. The number of Topliss-reactive ketones (excluding diaryl/α,β-unsaturated/α-hetero) is 1. The molecule has 3 aromatic rings. The Balaban J connectivity index is 1.31. The molecule has 0 saturated carbocycles. The standard InChI is InChI=1S/C28H24BrNO6/c1-17-4-3-5-18(2)26(17)30-15-21(14-25(30)32)27(33)35-16-24(31)19-8-12-23(13-9-19)36-28(34)20-6-10-22(29)11-7-20/h3-13,21H,14-16H2,1-2H3/t21-/m1/s1. The van der Waals surface area contributed by atoms with Crippen molar-refractivity contribution in [2.75, 3.05) is 18.1 Å². The number of esters is 2. The number of para-hydroxylation sites is 1. The van der Waals surface area contributed by atoms with E-state index in [0.717, 1.165) is 21.3 Å². The van der Waals surface area contributed by atoms with Crippen molar-refractivity contribution in [1.29, 1.82) is 0 Å². The van der Waals surface area contributed by atoms with E-state index in [4.69, 9.17) is 9.47 Å². The molecular formula is C28H24BrNO6. The number of ether oxygens (including phenoxy) is 2. The monoisotopic (exact) mass is 549 g/mol. The number of hydrogen-bond donors (Lipinski definition) is 0. The second-order valence-electron chi connectivity index (χ2n) is 8.60. The zero-order chi connectivity index (χ0) is 25.8. The highest BCUT2D eigenvalue weighted by molar-refractivity contribution is 9.10. The zero-order valence-electron chi connectivity index (χ0n) is 19.8. The first-order valence-electron chi connectivity index (χ1n) is 11.4. The van der Waals surface area contributed by atoms with Crippen LogP contribution in [0.1, 0.15) is 38.3 Å². The van der Waals surface area contributed by atoms with Crippen molar-refractivity contribution in [1.82, 2.24) is 0 Å². The number of carbonyl (C=O) groups is 4. The maximum absolute atomic E-state index is 12.6. The molecule has 0 aliphatic carbocycles. The van der Waals surface area contributed by atoms with Gasteiger partial charge in [-0.2, -0.15) is 0 Å². The maximum atomic E-state index is 12.6. The van der Waals surface area contributed by atoms with Gasteiger partial charge in [0.2, 0.25) is 5.91 Å². The Morgan fingerprint density at radius 2 is 1.53 bits per heavy atom. The van der Waals surface area contributed by atoms with Gasteiger partial charge in [-0.3, -0.25) is 14.4 Å². The molecule has 0 N–H and O–H groups in total. The number of amides is 1. The average molecular weight is 550 g/mol. The first-order chi connectivity index (χ1) is 17.2. The summed E-state index contributed by atoms with van der Waals surface area (Å²) in [6.07, 6.45) is 0.0409. The number of benzene rings is 3. The van der Waals surface area contributed by atoms with Crippen LogP contribution in [0.3, 0.4) is 0 Å². The molecule has 0 unspecified atom stereocenters. The van der Waals surface area contributed by atoms with Gasteiger partial charge in [0.05, 0.1) is 11.5 Å². The molecule has 8 heteroatoms. The van der Waals surface area contributed by atoms with Crippen molar-refractivity contribution in [3.05, 3.63) is 93.5 Å². The Hall–Kier alpha value is -3.78. The Labute approximate surface area is 217 Å². The van der Waals surface area contributed by atoms with Gasteiger partial charge in [-0.1, -0.05) is 34.1 Å². The molecule has 184 valence electrons. The number of anilines is 1. The smallest absolute Gasteiger partial charge is 0.343 e. The zero-order valence-corrected chi connectivity index (χ0v) is 21.4. The van der Waals surface area contributed by atoms with E-state index in [2.05, 4.69) is 15.9 Å². The predicted octanol–water partition coefficient (Wildman–Crippen LogP) is 5.06. The van der Waals surface area contributed by atoms with E-state index in [1.54, 1.807) is 29.2 Å². The summed E-state index contributed by atoms with van der Waals surface area (Å²) in [5.41, 5.74) is 3.43. The van der Waals surface area contributed by atoms with Crippen LogP contribution in [0.15, 0.2) is 71.2 Å². The second-order valence-corrected chi connectivity index (χ2v) is 9.51. The van der Waals surface area contributed by atoms with Crippen LogP contribution in [-0.2, 0) is 14.3 Å². The molecule has 1 aliphatic heterocycles. The van der Waals surface area contributed by atoms with E-state index in [9.17, 15) is 19.2 Å². The van der Waals surface area contributed by atoms with Gasteiger partial charge in [-0.05, 0) is 73.5 Å². The Bertz CT molecular complexity index is 1300.